The standard InChI is InChI=1S/C11H13IO3S/c1-3-16(14,15)11(12)10(13)9-7-5-4-6-8(9)2/h4-7,11H,3H2,1-2H3/t11-/m1/s1. The van der Waals surface area contributed by atoms with Crippen molar-refractivity contribution >= 4 is 38.2 Å². The molecule has 0 aliphatic rings. The molecule has 0 saturated heterocycles. The highest BCUT2D eigenvalue weighted by Crippen LogP contribution is 2.19. The molecule has 0 heterocycles. The van der Waals surface area contributed by atoms with Crippen molar-refractivity contribution in [1.82, 2.24) is 0 Å². The molecule has 1 aromatic rings. The molecule has 1 rings (SSSR count). The predicted molar refractivity (Wildman–Crippen MR) is 72.8 cm³/mol. The number of alkyl halides is 1. The number of carbonyl (C=O) groups excluding carboxylic acids is 1. The highest BCUT2D eigenvalue weighted by molar-refractivity contribution is 14.1. The summed E-state index contributed by atoms with van der Waals surface area (Å²) in [6, 6.07) is 7.02. The topological polar surface area (TPSA) is 51.2 Å². The van der Waals surface area contributed by atoms with E-state index in [1.807, 2.05) is 6.07 Å². The third kappa shape index (κ3) is 2.82. The number of Topliss-reactive ketones (excluding diaryl/α,β-unsaturated/α-hetero) is 1. The summed E-state index contributed by atoms with van der Waals surface area (Å²) in [6.45, 7) is 3.35. The van der Waals surface area contributed by atoms with Gasteiger partial charge in [0.05, 0.1) is 0 Å². The van der Waals surface area contributed by atoms with Gasteiger partial charge in [-0.25, -0.2) is 8.42 Å². The van der Waals surface area contributed by atoms with Crippen LogP contribution in [0.5, 0.6) is 0 Å². The number of ketones is 1. The summed E-state index contributed by atoms with van der Waals surface area (Å²) in [4.78, 5) is 12.0. The fraction of sp³-hybridized carbons (Fsp3) is 0.364. The summed E-state index contributed by atoms with van der Waals surface area (Å²) in [7, 11) is -3.33. The van der Waals surface area contributed by atoms with Crippen molar-refractivity contribution in [2.24, 2.45) is 0 Å². The van der Waals surface area contributed by atoms with Crippen LogP contribution in [-0.2, 0) is 9.84 Å². The second-order valence-electron chi connectivity index (χ2n) is 3.45. The molecule has 1 aromatic carbocycles. The monoisotopic (exact) mass is 352 g/mol. The molecule has 0 bridgehead atoms. The Morgan fingerprint density at radius 2 is 1.94 bits per heavy atom. The van der Waals surface area contributed by atoms with Gasteiger partial charge in [0, 0.05) is 11.3 Å². The number of hydrogen-bond acceptors (Lipinski definition) is 3. The van der Waals surface area contributed by atoms with Crippen molar-refractivity contribution in [3.63, 3.8) is 0 Å². The highest BCUT2D eigenvalue weighted by Gasteiger charge is 2.29. The molecule has 0 amide bonds. The van der Waals surface area contributed by atoms with E-state index in [0.29, 0.717) is 5.56 Å². The van der Waals surface area contributed by atoms with Gasteiger partial charge in [0.25, 0.3) is 0 Å². The molecule has 0 unspecified atom stereocenters. The Morgan fingerprint density at radius 3 is 2.44 bits per heavy atom. The Kier molecular flexibility index (Phi) is 4.49. The van der Waals surface area contributed by atoms with Gasteiger partial charge in [0.15, 0.2) is 18.9 Å². The van der Waals surface area contributed by atoms with Gasteiger partial charge in [-0.1, -0.05) is 53.8 Å². The van der Waals surface area contributed by atoms with Crippen LogP contribution < -0.4 is 0 Å². The summed E-state index contributed by atoms with van der Waals surface area (Å²) in [5.41, 5.74) is 1.29. The maximum Gasteiger partial charge on any atom is 0.191 e. The molecule has 0 aliphatic heterocycles. The van der Waals surface area contributed by atoms with E-state index >= 15 is 0 Å². The third-order valence-electron chi connectivity index (χ3n) is 2.33. The van der Waals surface area contributed by atoms with E-state index < -0.39 is 13.1 Å². The first-order valence-corrected chi connectivity index (χ1v) is 7.81. The number of carbonyl (C=O) groups is 1. The molecular weight excluding hydrogens is 339 g/mol. The lowest BCUT2D eigenvalue weighted by molar-refractivity contribution is 0.101. The number of rotatable bonds is 4. The van der Waals surface area contributed by atoms with Crippen molar-refractivity contribution < 1.29 is 13.2 Å². The minimum Gasteiger partial charge on any atom is -0.292 e. The van der Waals surface area contributed by atoms with Gasteiger partial charge in [-0.2, -0.15) is 0 Å². The molecule has 3 nitrogen and oxygen atoms in total. The van der Waals surface area contributed by atoms with Crippen LogP contribution in [0.1, 0.15) is 22.8 Å². The second kappa shape index (κ2) is 5.27. The van der Waals surface area contributed by atoms with Crippen molar-refractivity contribution in [2.75, 3.05) is 5.75 Å². The van der Waals surface area contributed by atoms with E-state index in [4.69, 9.17) is 0 Å². The molecule has 0 aliphatic carbocycles. The zero-order valence-electron chi connectivity index (χ0n) is 9.10. The summed E-state index contributed by atoms with van der Waals surface area (Å²) in [6.07, 6.45) is 0. The predicted octanol–water partition coefficient (Wildman–Crippen LogP) is 2.37. The maximum absolute atomic E-state index is 12.0. The van der Waals surface area contributed by atoms with Crippen LogP contribution in [0.4, 0.5) is 0 Å². The molecule has 0 N–H and O–H groups in total. The number of hydrogen-bond donors (Lipinski definition) is 0. The molecule has 0 aromatic heterocycles. The van der Waals surface area contributed by atoms with Crippen LogP contribution in [0.15, 0.2) is 24.3 Å². The fourth-order valence-electron chi connectivity index (χ4n) is 1.28. The van der Waals surface area contributed by atoms with Crippen molar-refractivity contribution in [3.8, 4) is 0 Å². The summed E-state index contributed by atoms with van der Waals surface area (Å²) < 4.78 is 22.2. The van der Waals surface area contributed by atoms with E-state index in [1.54, 1.807) is 54.6 Å². The summed E-state index contributed by atoms with van der Waals surface area (Å²) >= 11 is 1.69. The third-order valence-corrected chi connectivity index (χ3v) is 6.87. The number of sulfone groups is 1. The Morgan fingerprint density at radius 1 is 1.38 bits per heavy atom. The molecule has 1 atom stereocenters. The molecule has 88 valence electrons. The van der Waals surface area contributed by atoms with E-state index in [0.717, 1.165) is 5.56 Å². The Balaban J connectivity index is 3.10. The van der Waals surface area contributed by atoms with Crippen LogP contribution in [0.25, 0.3) is 0 Å². The lowest BCUT2D eigenvalue weighted by Gasteiger charge is -2.10. The fourth-order valence-corrected chi connectivity index (χ4v) is 3.44. The first kappa shape index (κ1) is 13.6. The van der Waals surface area contributed by atoms with Gasteiger partial charge >= 0.3 is 0 Å². The lowest BCUT2D eigenvalue weighted by atomic mass is 10.1. The van der Waals surface area contributed by atoms with Gasteiger partial charge in [0.2, 0.25) is 0 Å². The van der Waals surface area contributed by atoms with Gasteiger partial charge in [-0.05, 0) is 12.5 Å². The quantitative estimate of drug-likeness (QED) is 0.475. The van der Waals surface area contributed by atoms with Gasteiger partial charge in [-0.3, -0.25) is 4.79 Å². The van der Waals surface area contributed by atoms with Crippen molar-refractivity contribution in [3.05, 3.63) is 35.4 Å². The number of halogens is 1. The van der Waals surface area contributed by atoms with E-state index in [9.17, 15) is 13.2 Å². The molecule has 0 saturated carbocycles. The van der Waals surface area contributed by atoms with Crippen molar-refractivity contribution in [1.29, 1.82) is 0 Å². The minimum absolute atomic E-state index is 0.0156. The lowest BCUT2D eigenvalue weighted by Crippen LogP contribution is -2.26. The largest absolute Gasteiger partial charge is 0.292 e. The Labute approximate surface area is 109 Å². The summed E-state index contributed by atoms with van der Waals surface area (Å²) in [5, 5.41) is 0. The van der Waals surface area contributed by atoms with Crippen LogP contribution in [-0.4, -0.2) is 23.2 Å². The molecule has 0 spiro atoms. The molecule has 5 heteroatoms. The Hall–Kier alpha value is -0.430. The van der Waals surface area contributed by atoms with Crippen LogP contribution >= 0.6 is 22.6 Å². The van der Waals surface area contributed by atoms with Crippen molar-refractivity contribution in [2.45, 2.75) is 17.1 Å². The maximum atomic E-state index is 12.0. The van der Waals surface area contributed by atoms with E-state index in [2.05, 4.69) is 0 Å². The minimum atomic E-state index is -3.33. The van der Waals surface area contributed by atoms with E-state index in [1.165, 1.54) is 0 Å². The van der Waals surface area contributed by atoms with Crippen LogP contribution in [0.2, 0.25) is 0 Å². The SMILES string of the molecule is CCS(=O)(=O)[C@@H](I)C(=O)c1ccccc1C. The van der Waals surface area contributed by atoms with Gasteiger partial charge in [0.1, 0.15) is 0 Å². The zero-order chi connectivity index (χ0) is 12.3. The van der Waals surface area contributed by atoms with Crippen LogP contribution in [0.3, 0.4) is 0 Å². The van der Waals surface area contributed by atoms with E-state index in [-0.39, 0.29) is 11.5 Å². The molecule has 0 radical (unpaired) electrons. The number of aryl methyl sites for hydroxylation is 1. The zero-order valence-corrected chi connectivity index (χ0v) is 12.1. The first-order chi connectivity index (χ1) is 7.40. The molecule has 0 fully saturated rings. The highest BCUT2D eigenvalue weighted by atomic mass is 127. The first-order valence-electron chi connectivity index (χ1n) is 4.85. The second-order valence-corrected chi connectivity index (χ2v) is 7.91. The molecule has 16 heavy (non-hydrogen) atoms. The molecular formula is C11H13IO3S. The number of benzene rings is 1. The smallest absolute Gasteiger partial charge is 0.191 e. The average Bonchev–Trinajstić information content (AvgIpc) is 2.27. The van der Waals surface area contributed by atoms with Gasteiger partial charge < -0.3 is 0 Å². The van der Waals surface area contributed by atoms with Gasteiger partial charge in [-0.15, -0.1) is 0 Å². The summed E-state index contributed by atoms with van der Waals surface area (Å²) in [5.74, 6) is -0.348. The average molecular weight is 352 g/mol. The Bertz CT molecular complexity index is 494. The van der Waals surface area contributed by atoms with Crippen LogP contribution in [0, 0.1) is 6.92 Å². The normalized spacial score (nSPS) is 13.4.